The number of amides is 1. The third kappa shape index (κ3) is 6.30. The van der Waals surface area contributed by atoms with Crippen molar-refractivity contribution in [1.29, 1.82) is 0 Å². The molecular weight excluding hydrogens is 304 g/mol. The molecule has 6 nitrogen and oxygen atoms in total. The van der Waals surface area contributed by atoms with Crippen LogP contribution in [0.2, 0.25) is 0 Å². The van der Waals surface area contributed by atoms with Crippen LogP contribution in [0.1, 0.15) is 60.8 Å². The molecule has 0 aliphatic heterocycles. The van der Waals surface area contributed by atoms with Gasteiger partial charge in [-0.25, -0.2) is 0 Å². The van der Waals surface area contributed by atoms with Crippen molar-refractivity contribution >= 4 is 11.9 Å². The summed E-state index contributed by atoms with van der Waals surface area (Å²) in [4.78, 5) is 16.1. The van der Waals surface area contributed by atoms with Crippen LogP contribution in [0.4, 0.5) is 0 Å². The van der Waals surface area contributed by atoms with Gasteiger partial charge in [-0.2, -0.15) is 0 Å². The molecule has 140 valence electrons. The molecule has 1 amide bonds. The van der Waals surface area contributed by atoms with Crippen molar-refractivity contribution in [3.8, 4) is 0 Å². The summed E-state index contributed by atoms with van der Waals surface area (Å²) in [6, 6.07) is 0.293. The number of nitrogens with one attached hydrogen (secondary N) is 3. The highest BCUT2D eigenvalue weighted by molar-refractivity contribution is 5.86. The molecule has 0 spiro atoms. The van der Waals surface area contributed by atoms with Gasteiger partial charge in [-0.1, -0.05) is 27.2 Å². The van der Waals surface area contributed by atoms with E-state index in [1.807, 2.05) is 20.8 Å². The minimum atomic E-state index is -0.227. The molecule has 0 aromatic heterocycles. The highest BCUT2D eigenvalue weighted by atomic mass is 16.5. The van der Waals surface area contributed by atoms with Crippen molar-refractivity contribution in [3.63, 3.8) is 0 Å². The molecule has 24 heavy (non-hydrogen) atoms. The molecule has 1 aliphatic carbocycles. The minimum absolute atomic E-state index is 0.0425. The van der Waals surface area contributed by atoms with E-state index in [0.717, 1.165) is 25.9 Å². The van der Waals surface area contributed by atoms with E-state index in [0.29, 0.717) is 12.0 Å². The molecule has 3 N–H and O–H groups in total. The van der Waals surface area contributed by atoms with Crippen molar-refractivity contribution in [2.24, 2.45) is 10.4 Å². The van der Waals surface area contributed by atoms with E-state index in [2.05, 4.69) is 41.7 Å². The number of carbonyl (C=O) groups excluding carboxylic acids is 1. The summed E-state index contributed by atoms with van der Waals surface area (Å²) < 4.78 is 5.97. The van der Waals surface area contributed by atoms with E-state index in [9.17, 15) is 4.79 Å². The summed E-state index contributed by atoms with van der Waals surface area (Å²) in [5.41, 5.74) is -0.173. The fourth-order valence-electron chi connectivity index (χ4n) is 2.77. The number of aliphatic imine (C=N–C) groups is 1. The topological polar surface area (TPSA) is 74.8 Å². The monoisotopic (exact) mass is 340 g/mol. The van der Waals surface area contributed by atoms with Gasteiger partial charge in [0.25, 0.3) is 0 Å². The van der Waals surface area contributed by atoms with Crippen molar-refractivity contribution < 1.29 is 9.53 Å². The van der Waals surface area contributed by atoms with E-state index < -0.39 is 0 Å². The number of guanidine groups is 1. The van der Waals surface area contributed by atoms with E-state index in [1.165, 1.54) is 0 Å². The second-order valence-electron chi connectivity index (χ2n) is 8.19. The van der Waals surface area contributed by atoms with Crippen LogP contribution in [-0.2, 0) is 9.53 Å². The fourth-order valence-corrected chi connectivity index (χ4v) is 2.77. The normalized spacial score (nSPS) is 23.4. The second kappa shape index (κ2) is 8.70. The second-order valence-corrected chi connectivity index (χ2v) is 8.19. The van der Waals surface area contributed by atoms with Gasteiger partial charge in [-0.3, -0.25) is 9.79 Å². The molecule has 2 unspecified atom stereocenters. The molecule has 0 aromatic carbocycles. The Balaban J connectivity index is 2.40. The Kier molecular flexibility index (Phi) is 7.52. The van der Waals surface area contributed by atoms with Crippen LogP contribution in [0.25, 0.3) is 0 Å². The van der Waals surface area contributed by atoms with Crippen LogP contribution in [0.15, 0.2) is 4.99 Å². The number of carbonyl (C=O) groups is 1. The molecule has 0 bridgehead atoms. The maximum Gasteiger partial charge on any atom is 0.239 e. The van der Waals surface area contributed by atoms with Gasteiger partial charge in [0.2, 0.25) is 5.91 Å². The van der Waals surface area contributed by atoms with Crippen LogP contribution in [-0.4, -0.2) is 49.8 Å². The Morgan fingerprint density at radius 2 is 2.00 bits per heavy atom. The Labute approximate surface area is 147 Å². The van der Waals surface area contributed by atoms with E-state index in [4.69, 9.17) is 4.74 Å². The number of hydrogen-bond donors (Lipinski definition) is 3. The van der Waals surface area contributed by atoms with Crippen molar-refractivity contribution in [1.82, 2.24) is 16.0 Å². The number of ether oxygens (including phenoxy) is 1. The van der Waals surface area contributed by atoms with Crippen molar-refractivity contribution in [2.45, 2.75) is 78.5 Å². The van der Waals surface area contributed by atoms with Gasteiger partial charge >= 0.3 is 0 Å². The lowest BCUT2D eigenvalue weighted by molar-refractivity contribution is -0.121. The predicted molar refractivity (Wildman–Crippen MR) is 99.2 cm³/mol. The zero-order chi connectivity index (χ0) is 18.4. The quantitative estimate of drug-likeness (QED) is 0.377. The minimum Gasteiger partial charge on any atom is -0.378 e. The lowest BCUT2D eigenvalue weighted by Gasteiger charge is -2.52. The number of nitrogens with zero attached hydrogens (tertiary/aromatic N) is 1. The zero-order valence-corrected chi connectivity index (χ0v) is 16.5. The van der Waals surface area contributed by atoms with E-state index in [-0.39, 0.29) is 29.5 Å². The van der Waals surface area contributed by atoms with E-state index >= 15 is 0 Å². The summed E-state index contributed by atoms with van der Waals surface area (Å²) in [5, 5.41) is 9.42. The number of hydrogen-bond acceptors (Lipinski definition) is 3. The molecule has 0 heterocycles. The van der Waals surface area contributed by atoms with Crippen LogP contribution >= 0.6 is 0 Å². The highest BCUT2D eigenvalue weighted by Gasteiger charge is 2.49. The van der Waals surface area contributed by atoms with Crippen LogP contribution in [0.5, 0.6) is 0 Å². The average molecular weight is 341 g/mol. The third-order valence-corrected chi connectivity index (χ3v) is 4.46. The van der Waals surface area contributed by atoms with Crippen molar-refractivity contribution in [2.75, 3.05) is 20.2 Å². The summed E-state index contributed by atoms with van der Waals surface area (Å²) in [5.74, 6) is 0.614. The van der Waals surface area contributed by atoms with Gasteiger partial charge < -0.3 is 20.7 Å². The summed E-state index contributed by atoms with van der Waals surface area (Å²) >= 11 is 0. The first-order valence-corrected chi connectivity index (χ1v) is 9.00. The Hall–Kier alpha value is -1.30. The Morgan fingerprint density at radius 1 is 1.33 bits per heavy atom. The summed E-state index contributed by atoms with van der Waals surface area (Å²) in [6.07, 6.45) is 3.51. The molecule has 1 fully saturated rings. The van der Waals surface area contributed by atoms with Crippen LogP contribution in [0, 0.1) is 5.41 Å². The highest BCUT2D eigenvalue weighted by Crippen LogP contribution is 2.42. The van der Waals surface area contributed by atoms with Gasteiger partial charge in [0.1, 0.15) is 0 Å². The maximum absolute atomic E-state index is 11.9. The van der Waals surface area contributed by atoms with Crippen LogP contribution < -0.4 is 16.0 Å². The Bertz CT molecular complexity index is 441. The molecule has 0 radical (unpaired) electrons. The lowest BCUT2D eigenvalue weighted by atomic mass is 9.64. The SMILES string of the molecule is CCCCOC1CC(NC(=NC)NCC(=O)NC(C)(C)C)C1(C)C. The van der Waals surface area contributed by atoms with Crippen LogP contribution in [0.3, 0.4) is 0 Å². The summed E-state index contributed by atoms with van der Waals surface area (Å²) in [7, 11) is 1.72. The Morgan fingerprint density at radius 3 is 2.50 bits per heavy atom. The lowest BCUT2D eigenvalue weighted by Crippen LogP contribution is -2.64. The summed E-state index contributed by atoms with van der Waals surface area (Å²) in [6.45, 7) is 13.5. The molecule has 6 heteroatoms. The molecule has 0 saturated heterocycles. The first kappa shape index (κ1) is 20.7. The zero-order valence-electron chi connectivity index (χ0n) is 16.5. The molecule has 1 saturated carbocycles. The maximum atomic E-state index is 11.9. The van der Waals surface area contributed by atoms with E-state index in [1.54, 1.807) is 7.05 Å². The smallest absolute Gasteiger partial charge is 0.239 e. The fraction of sp³-hybridized carbons (Fsp3) is 0.889. The standard InChI is InChI=1S/C18H36N4O2/c1-8-9-10-24-14-11-13(18(14,5)6)21-16(19-7)20-12-15(23)22-17(2,3)4/h13-14H,8-12H2,1-7H3,(H,22,23)(H2,19,20,21). The van der Waals surface area contributed by atoms with Gasteiger partial charge in [-0.05, 0) is 33.6 Å². The van der Waals surface area contributed by atoms with Gasteiger partial charge in [0.05, 0.1) is 12.6 Å². The number of rotatable bonds is 7. The van der Waals surface area contributed by atoms with Crippen molar-refractivity contribution in [3.05, 3.63) is 0 Å². The largest absolute Gasteiger partial charge is 0.378 e. The van der Waals surface area contributed by atoms with Gasteiger partial charge in [0, 0.05) is 30.7 Å². The van der Waals surface area contributed by atoms with Gasteiger partial charge in [-0.15, -0.1) is 0 Å². The molecule has 1 aliphatic rings. The molecule has 2 atom stereocenters. The predicted octanol–water partition coefficient (Wildman–Crippen LogP) is 2.05. The molecule has 0 aromatic rings. The first-order valence-electron chi connectivity index (χ1n) is 9.00. The molecule has 1 rings (SSSR count). The number of unbranched alkanes of at least 4 members (excludes halogenated alkanes) is 1. The van der Waals surface area contributed by atoms with Gasteiger partial charge in [0.15, 0.2) is 5.96 Å². The first-order chi connectivity index (χ1) is 11.1. The average Bonchev–Trinajstić information content (AvgIpc) is 2.46. The third-order valence-electron chi connectivity index (χ3n) is 4.46. The molecular formula is C18H36N4O2.